The first-order chi connectivity index (χ1) is 8.89. The molecule has 0 saturated carbocycles. The van der Waals surface area contributed by atoms with Gasteiger partial charge in [-0.2, -0.15) is 0 Å². The molecule has 0 aliphatic rings. The number of benzene rings is 1. The lowest BCUT2D eigenvalue weighted by atomic mass is 10.2. The Morgan fingerprint density at radius 2 is 1.84 bits per heavy atom. The van der Waals surface area contributed by atoms with E-state index >= 15 is 0 Å². The van der Waals surface area contributed by atoms with Crippen LogP contribution in [0, 0.1) is 11.6 Å². The minimum absolute atomic E-state index is 0.0409. The van der Waals surface area contributed by atoms with E-state index in [2.05, 4.69) is 15.9 Å². The highest BCUT2D eigenvalue weighted by Gasteiger charge is 2.13. The Hall–Kier alpha value is -0.690. The van der Waals surface area contributed by atoms with Gasteiger partial charge >= 0.3 is 0 Å². The lowest BCUT2D eigenvalue weighted by Gasteiger charge is -2.09. The van der Waals surface area contributed by atoms with E-state index in [0.29, 0.717) is 10.9 Å². The largest absolute Gasteiger partial charge is 0.488 e. The van der Waals surface area contributed by atoms with E-state index < -0.39 is 27.2 Å². The minimum Gasteiger partial charge on any atom is -0.488 e. The molecule has 0 saturated heterocycles. The number of rotatable bonds is 7. The van der Waals surface area contributed by atoms with Crippen LogP contribution in [0.1, 0.15) is 18.9 Å². The van der Waals surface area contributed by atoms with Crippen molar-refractivity contribution in [2.24, 2.45) is 0 Å². The van der Waals surface area contributed by atoms with Gasteiger partial charge in [-0.3, -0.25) is 0 Å². The third kappa shape index (κ3) is 5.06. The smallest absolute Gasteiger partial charge is 0.190 e. The van der Waals surface area contributed by atoms with Crippen LogP contribution >= 0.6 is 15.9 Å². The summed E-state index contributed by atoms with van der Waals surface area (Å²) in [5.74, 6) is -2.03. The van der Waals surface area contributed by atoms with Crippen LogP contribution in [0.5, 0.6) is 5.75 Å². The SMILES string of the molecule is CCS(=O)(=O)CCCOc1c(F)cc(CBr)cc1F. The van der Waals surface area contributed by atoms with Gasteiger partial charge in [0.05, 0.1) is 12.4 Å². The molecule has 108 valence electrons. The Morgan fingerprint density at radius 3 is 2.32 bits per heavy atom. The van der Waals surface area contributed by atoms with Crippen molar-refractivity contribution < 1.29 is 21.9 Å². The van der Waals surface area contributed by atoms with Crippen LogP contribution in [0.15, 0.2) is 12.1 Å². The highest BCUT2D eigenvalue weighted by atomic mass is 79.9. The summed E-state index contributed by atoms with van der Waals surface area (Å²) in [4.78, 5) is 0. The Kier molecular flexibility index (Phi) is 6.19. The van der Waals surface area contributed by atoms with Crippen LogP contribution in [0.25, 0.3) is 0 Å². The Bertz CT molecular complexity index is 509. The third-order valence-corrected chi connectivity index (χ3v) is 4.94. The van der Waals surface area contributed by atoms with Crippen molar-refractivity contribution in [3.05, 3.63) is 29.3 Å². The summed E-state index contributed by atoms with van der Waals surface area (Å²) in [6, 6.07) is 2.35. The molecule has 3 nitrogen and oxygen atoms in total. The summed E-state index contributed by atoms with van der Waals surface area (Å²) < 4.78 is 54.5. The normalized spacial score (nSPS) is 11.6. The highest BCUT2D eigenvalue weighted by Crippen LogP contribution is 2.24. The first-order valence-corrected chi connectivity index (χ1v) is 8.71. The fourth-order valence-corrected chi connectivity index (χ4v) is 2.59. The predicted octanol–water partition coefficient (Wildman–Crippen LogP) is 3.06. The molecule has 0 aromatic heterocycles. The topological polar surface area (TPSA) is 43.4 Å². The zero-order chi connectivity index (χ0) is 14.5. The number of sulfone groups is 1. The molecule has 0 atom stereocenters. The maximum atomic E-state index is 13.5. The van der Waals surface area contributed by atoms with E-state index in [0.717, 1.165) is 0 Å². The van der Waals surface area contributed by atoms with Crippen molar-refractivity contribution in [3.8, 4) is 5.75 Å². The lowest BCUT2D eigenvalue weighted by molar-refractivity contribution is 0.285. The summed E-state index contributed by atoms with van der Waals surface area (Å²) in [6.45, 7) is 1.51. The first-order valence-electron chi connectivity index (χ1n) is 5.76. The summed E-state index contributed by atoms with van der Waals surface area (Å²) in [5, 5.41) is 0.343. The van der Waals surface area contributed by atoms with Crippen molar-refractivity contribution >= 4 is 25.8 Å². The van der Waals surface area contributed by atoms with E-state index in [1.54, 1.807) is 6.92 Å². The van der Waals surface area contributed by atoms with Gasteiger partial charge in [0.25, 0.3) is 0 Å². The summed E-state index contributed by atoms with van der Waals surface area (Å²) in [5.41, 5.74) is 0.468. The van der Waals surface area contributed by atoms with Gasteiger partial charge in [0.1, 0.15) is 9.84 Å². The third-order valence-electron chi connectivity index (χ3n) is 2.50. The van der Waals surface area contributed by atoms with Crippen LogP contribution in [0.3, 0.4) is 0 Å². The van der Waals surface area contributed by atoms with Gasteiger partial charge in [0, 0.05) is 11.1 Å². The second-order valence-electron chi connectivity index (χ2n) is 3.96. The number of halogens is 3. The predicted molar refractivity (Wildman–Crippen MR) is 73.4 cm³/mol. The molecule has 0 aliphatic carbocycles. The van der Waals surface area contributed by atoms with Crippen molar-refractivity contribution in [2.75, 3.05) is 18.1 Å². The molecule has 0 heterocycles. The van der Waals surface area contributed by atoms with Crippen molar-refractivity contribution in [2.45, 2.75) is 18.7 Å². The van der Waals surface area contributed by atoms with Crippen LogP contribution in [0.4, 0.5) is 8.78 Å². The average molecular weight is 357 g/mol. The van der Waals surface area contributed by atoms with Crippen LogP contribution in [-0.2, 0) is 15.2 Å². The van der Waals surface area contributed by atoms with Crippen molar-refractivity contribution in [1.82, 2.24) is 0 Å². The quantitative estimate of drug-likeness (QED) is 0.557. The molecule has 0 radical (unpaired) electrons. The van der Waals surface area contributed by atoms with Gasteiger partial charge in [0.15, 0.2) is 17.4 Å². The molecule has 0 fully saturated rings. The van der Waals surface area contributed by atoms with E-state index in [4.69, 9.17) is 4.74 Å². The molecule has 7 heteroatoms. The van der Waals surface area contributed by atoms with E-state index in [9.17, 15) is 17.2 Å². The van der Waals surface area contributed by atoms with Gasteiger partial charge < -0.3 is 4.74 Å². The summed E-state index contributed by atoms with van der Waals surface area (Å²) in [7, 11) is -3.08. The number of hydrogen-bond donors (Lipinski definition) is 0. The number of ether oxygens (including phenoxy) is 1. The molecule has 0 unspecified atom stereocenters. The Balaban J connectivity index is 2.59. The second-order valence-corrected chi connectivity index (χ2v) is 6.99. The fourth-order valence-electron chi connectivity index (χ4n) is 1.42. The minimum atomic E-state index is -3.08. The molecular formula is C12H15BrF2O3S. The van der Waals surface area contributed by atoms with Gasteiger partial charge in [-0.15, -0.1) is 0 Å². The van der Waals surface area contributed by atoms with Gasteiger partial charge in [-0.1, -0.05) is 22.9 Å². The maximum absolute atomic E-state index is 13.5. The molecule has 0 amide bonds. The molecule has 1 rings (SSSR count). The molecular weight excluding hydrogens is 342 g/mol. The van der Waals surface area contributed by atoms with Gasteiger partial charge in [-0.25, -0.2) is 17.2 Å². The van der Waals surface area contributed by atoms with Crippen molar-refractivity contribution in [3.63, 3.8) is 0 Å². The first kappa shape index (κ1) is 16.4. The molecule has 1 aromatic carbocycles. The van der Waals surface area contributed by atoms with Gasteiger partial charge in [-0.05, 0) is 24.1 Å². The molecule has 0 aliphatic heterocycles. The highest BCUT2D eigenvalue weighted by molar-refractivity contribution is 9.08. The van der Waals surface area contributed by atoms with Crippen LogP contribution in [-0.4, -0.2) is 26.5 Å². The lowest BCUT2D eigenvalue weighted by Crippen LogP contribution is -2.12. The average Bonchev–Trinajstić information content (AvgIpc) is 2.36. The molecule has 0 spiro atoms. The van der Waals surface area contributed by atoms with Gasteiger partial charge in [0.2, 0.25) is 0 Å². The van der Waals surface area contributed by atoms with E-state index in [1.807, 2.05) is 0 Å². The van der Waals surface area contributed by atoms with Crippen molar-refractivity contribution in [1.29, 1.82) is 0 Å². The summed E-state index contributed by atoms with van der Waals surface area (Å²) >= 11 is 3.10. The zero-order valence-corrected chi connectivity index (χ0v) is 12.9. The Morgan fingerprint density at radius 1 is 1.26 bits per heavy atom. The number of alkyl halides is 1. The van der Waals surface area contributed by atoms with E-state index in [-0.39, 0.29) is 24.5 Å². The fraction of sp³-hybridized carbons (Fsp3) is 0.500. The maximum Gasteiger partial charge on any atom is 0.190 e. The van der Waals surface area contributed by atoms with Crippen LogP contribution < -0.4 is 4.74 Å². The molecule has 0 bridgehead atoms. The number of hydrogen-bond acceptors (Lipinski definition) is 3. The second kappa shape index (κ2) is 7.19. The summed E-state index contributed by atoms with van der Waals surface area (Å²) in [6.07, 6.45) is 0.204. The Labute approximate surface area is 120 Å². The van der Waals surface area contributed by atoms with E-state index in [1.165, 1.54) is 12.1 Å². The molecule has 1 aromatic rings. The molecule has 0 N–H and O–H groups in total. The standard InChI is InChI=1S/C12H15BrF2O3S/c1-2-19(16,17)5-3-4-18-12-10(14)6-9(8-13)7-11(12)15/h6-7H,2-5,8H2,1H3. The monoisotopic (exact) mass is 356 g/mol. The molecule has 19 heavy (non-hydrogen) atoms. The van der Waals surface area contributed by atoms with Crippen LogP contribution in [0.2, 0.25) is 0 Å². The zero-order valence-electron chi connectivity index (χ0n) is 10.5.